The third kappa shape index (κ3) is 3.97. The van der Waals surface area contributed by atoms with Gasteiger partial charge in [-0.25, -0.2) is 19.7 Å². The molecule has 4 heterocycles. The number of halogens is 1. The molecular weight excluding hydrogens is 390 g/mol. The van der Waals surface area contributed by atoms with Crippen molar-refractivity contribution in [2.24, 2.45) is 0 Å². The second-order valence-corrected chi connectivity index (χ2v) is 7.32. The molecule has 0 fully saturated rings. The van der Waals surface area contributed by atoms with E-state index in [0.717, 1.165) is 24.2 Å². The van der Waals surface area contributed by atoms with Crippen LogP contribution in [-0.4, -0.2) is 45.6 Å². The number of carbonyl (C=O) groups is 1. The Balaban J connectivity index is 1.76. The molecule has 3 aromatic rings. The first kappa shape index (κ1) is 19.1. The summed E-state index contributed by atoms with van der Waals surface area (Å²) in [5.41, 5.74) is 2.36. The molecular formula is C20H20ClN7O. The van der Waals surface area contributed by atoms with E-state index in [9.17, 15) is 4.79 Å². The lowest BCUT2D eigenvalue weighted by atomic mass is 10.1. The number of nitrogens with one attached hydrogen (secondary N) is 1. The van der Waals surface area contributed by atoms with Crippen molar-refractivity contribution in [1.82, 2.24) is 19.9 Å². The fraction of sp³-hybridized carbons (Fsp3) is 0.250. The van der Waals surface area contributed by atoms with Gasteiger partial charge in [-0.2, -0.15) is 0 Å². The SMILES string of the molecule is C[C@@H]1CCN(C)c2ccc(-c3cncc(Cl)c3)nc2N1C(=O)Nc1ccncn1. The van der Waals surface area contributed by atoms with Gasteiger partial charge in [0.05, 0.1) is 16.4 Å². The Hall–Kier alpha value is -3.26. The summed E-state index contributed by atoms with van der Waals surface area (Å²) in [5, 5.41) is 3.37. The minimum absolute atomic E-state index is 0.0548. The zero-order chi connectivity index (χ0) is 20.4. The average Bonchev–Trinajstić information content (AvgIpc) is 2.84. The largest absolute Gasteiger partial charge is 0.372 e. The zero-order valence-electron chi connectivity index (χ0n) is 16.1. The summed E-state index contributed by atoms with van der Waals surface area (Å²) >= 11 is 6.09. The third-order valence-electron chi connectivity index (χ3n) is 4.85. The molecule has 0 saturated heterocycles. The summed E-state index contributed by atoms with van der Waals surface area (Å²) in [6, 6.07) is 7.00. The number of amides is 2. The average molecular weight is 410 g/mol. The first-order valence-corrected chi connectivity index (χ1v) is 9.60. The number of hydrogen-bond donors (Lipinski definition) is 1. The number of carbonyl (C=O) groups excluding carboxylic acids is 1. The van der Waals surface area contributed by atoms with Gasteiger partial charge in [0.15, 0.2) is 5.82 Å². The summed E-state index contributed by atoms with van der Waals surface area (Å²) in [6.07, 6.45) is 7.06. The van der Waals surface area contributed by atoms with E-state index in [4.69, 9.17) is 16.6 Å². The van der Waals surface area contributed by atoms with Crippen LogP contribution in [0.3, 0.4) is 0 Å². The highest BCUT2D eigenvalue weighted by atomic mass is 35.5. The lowest BCUT2D eigenvalue weighted by Crippen LogP contribution is -2.42. The Bertz CT molecular complexity index is 1030. The number of fused-ring (bicyclic) bond motifs is 1. The molecule has 1 atom stereocenters. The van der Waals surface area contributed by atoms with Crippen LogP contribution in [0.1, 0.15) is 13.3 Å². The molecule has 0 saturated carbocycles. The smallest absolute Gasteiger partial charge is 0.328 e. The second-order valence-electron chi connectivity index (χ2n) is 6.89. The molecule has 0 radical (unpaired) electrons. The maximum Gasteiger partial charge on any atom is 0.328 e. The summed E-state index contributed by atoms with van der Waals surface area (Å²) in [7, 11) is 2.00. The Labute approximate surface area is 173 Å². The highest BCUT2D eigenvalue weighted by Crippen LogP contribution is 2.35. The van der Waals surface area contributed by atoms with E-state index in [-0.39, 0.29) is 12.1 Å². The summed E-state index contributed by atoms with van der Waals surface area (Å²) < 4.78 is 0. The van der Waals surface area contributed by atoms with Crippen molar-refractivity contribution >= 4 is 35.0 Å². The van der Waals surface area contributed by atoms with Crippen molar-refractivity contribution in [2.45, 2.75) is 19.4 Å². The normalized spacial score (nSPS) is 16.2. The van der Waals surface area contributed by atoms with Crippen molar-refractivity contribution in [3.8, 4) is 11.3 Å². The summed E-state index contributed by atoms with van der Waals surface area (Å²) in [6.45, 7) is 2.82. The van der Waals surface area contributed by atoms with Crippen molar-refractivity contribution < 1.29 is 4.79 Å². The monoisotopic (exact) mass is 409 g/mol. The van der Waals surface area contributed by atoms with Crippen LogP contribution in [0.15, 0.2) is 49.2 Å². The van der Waals surface area contributed by atoms with Crippen molar-refractivity contribution in [1.29, 1.82) is 0 Å². The number of rotatable bonds is 2. The second kappa shape index (κ2) is 8.00. The number of nitrogens with zero attached hydrogens (tertiary/aromatic N) is 6. The Kier molecular flexibility index (Phi) is 5.26. The molecule has 8 nitrogen and oxygen atoms in total. The van der Waals surface area contributed by atoms with E-state index in [1.54, 1.807) is 35.6 Å². The topological polar surface area (TPSA) is 87.1 Å². The molecule has 9 heteroatoms. The van der Waals surface area contributed by atoms with Gasteiger partial charge >= 0.3 is 6.03 Å². The molecule has 1 N–H and O–H groups in total. The van der Waals surface area contributed by atoms with E-state index >= 15 is 0 Å². The summed E-state index contributed by atoms with van der Waals surface area (Å²) in [5.74, 6) is 1.02. The quantitative estimate of drug-likeness (QED) is 0.691. The summed E-state index contributed by atoms with van der Waals surface area (Å²) in [4.78, 5) is 33.9. The number of hydrogen-bond acceptors (Lipinski definition) is 6. The molecule has 29 heavy (non-hydrogen) atoms. The van der Waals surface area contributed by atoms with Crippen LogP contribution in [0.5, 0.6) is 0 Å². The molecule has 1 aliphatic heterocycles. The number of pyridine rings is 2. The fourth-order valence-corrected chi connectivity index (χ4v) is 3.47. The van der Waals surface area contributed by atoms with Gasteiger partial charge in [0.2, 0.25) is 0 Å². The molecule has 3 aromatic heterocycles. The number of urea groups is 1. The van der Waals surface area contributed by atoms with Crippen LogP contribution in [0.25, 0.3) is 11.3 Å². The van der Waals surface area contributed by atoms with Crippen LogP contribution in [-0.2, 0) is 0 Å². The maximum atomic E-state index is 13.2. The van der Waals surface area contributed by atoms with Crippen LogP contribution in [0, 0.1) is 0 Å². The van der Waals surface area contributed by atoms with E-state index in [1.807, 2.05) is 26.1 Å². The molecule has 0 aliphatic carbocycles. The van der Waals surface area contributed by atoms with Crippen LogP contribution < -0.4 is 15.1 Å². The van der Waals surface area contributed by atoms with E-state index in [1.165, 1.54) is 6.33 Å². The minimum atomic E-state index is -0.290. The van der Waals surface area contributed by atoms with E-state index < -0.39 is 0 Å². The maximum absolute atomic E-state index is 13.2. The zero-order valence-corrected chi connectivity index (χ0v) is 16.8. The van der Waals surface area contributed by atoms with E-state index in [0.29, 0.717) is 22.4 Å². The molecule has 4 rings (SSSR count). The first-order valence-electron chi connectivity index (χ1n) is 9.22. The molecule has 0 unspecified atom stereocenters. The fourth-order valence-electron chi connectivity index (χ4n) is 3.30. The number of aromatic nitrogens is 4. The van der Waals surface area contributed by atoms with Crippen LogP contribution >= 0.6 is 11.6 Å². The Morgan fingerprint density at radius 2 is 2.10 bits per heavy atom. The van der Waals surface area contributed by atoms with Crippen molar-refractivity contribution in [3.63, 3.8) is 0 Å². The Morgan fingerprint density at radius 3 is 2.86 bits per heavy atom. The van der Waals surface area contributed by atoms with Crippen LogP contribution in [0.4, 0.5) is 22.1 Å². The van der Waals surface area contributed by atoms with E-state index in [2.05, 4.69) is 25.2 Å². The lowest BCUT2D eigenvalue weighted by Gasteiger charge is -2.27. The first-order chi connectivity index (χ1) is 14.0. The highest BCUT2D eigenvalue weighted by Gasteiger charge is 2.30. The van der Waals surface area contributed by atoms with Gasteiger partial charge in [0.25, 0.3) is 0 Å². The standard InChI is InChI=1S/C20H20ClN7O/c1-13-6-8-27(2)17-4-3-16(14-9-15(21)11-23-10-14)25-19(17)28(13)20(29)26-18-5-7-22-12-24-18/h3-5,7,9-13H,6,8H2,1-2H3,(H,22,24,26,29)/t13-/m1/s1. The van der Waals surface area contributed by atoms with Gasteiger partial charge in [-0.15, -0.1) is 0 Å². The van der Waals surface area contributed by atoms with Crippen LogP contribution in [0.2, 0.25) is 5.02 Å². The van der Waals surface area contributed by atoms with Gasteiger partial charge < -0.3 is 4.90 Å². The third-order valence-corrected chi connectivity index (χ3v) is 5.06. The molecule has 2 amide bonds. The predicted molar refractivity (Wildman–Crippen MR) is 113 cm³/mol. The molecule has 148 valence electrons. The van der Waals surface area contributed by atoms with Gasteiger partial charge in [0.1, 0.15) is 12.1 Å². The number of anilines is 3. The Morgan fingerprint density at radius 1 is 1.24 bits per heavy atom. The predicted octanol–water partition coefficient (Wildman–Crippen LogP) is 3.85. The molecule has 0 spiro atoms. The molecule has 1 aliphatic rings. The highest BCUT2D eigenvalue weighted by molar-refractivity contribution is 6.30. The van der Waals surface area contributed by atoms with Gasteiger partial charge in [-0.3, -0.25) is 15.2 Å². The minimum Gasteiger partial charge on any atom is -0.372 e. The van der Waals surface area contributed by atoms with Gasteiger partial charge in [-0.05, 0) is 37.6 Å². The van der Waals surface area contributed by atoms with Crippen molar-refractivity contribution in [3.05, 3.63) is 54.2 Å². The van der Waals surface area contributed by atoms with Gasteiger partial charge in [-0.1, -0.05) is 11.6 Å². The van der Waals surface area contributed by atoms with Crippen molar-refractivity contribution in [2.75, 3.05) is 28.7 Å². The molecule has 0 bridgehead atoms. The van der Waals surface area contributed by atoms with Gasteiger partial charge in [0, 0.05) is 43.8 Å². The lowest BCUT2D eigenvalue weighted by molar-refractivity contribution is 0.255. The molecule has 0 aromatic carbocycles.